The molecule has 0 spiro atoms. The summed E-state index contributed by atoms with van der Waals surface area (Å²) >= 11 is 0. The second-order valence-corrected chi connectivity index (χ2v) is 7.64. The number of benzene rings is 1. The number of nitrogens with two attached hydrogens (primary N) is 1. The maximum atomic E-state index is 11.6. The monoisotopic (exact) mass is 356 g/mol. The molecule has 0 unspecified atom stereocenters. The van der Waals surface area contributed by atoms with Crippen LogP contribution in [-0.4, -0.2) is 52.7 Å². The zero-order valence-corrected chi connectivity index (χ0v) is 15.4. The first kappa shape index (κ1) is 17.5. The van der Waals surface area contributed by atoms with Crippen molar-refractivity contribution in [2.24, 2.45) is 24.6 Å². The minimum atomic E-state index is -0.197. The van der Waals surface area contributed by atoms with E-state index in [9.17, 15) is 4.79 Å². The van der Waals surface area contributed by atoms with Crippen LogP contribution in [0.5, 0.6) is 0 Å². The third-order valence-electron chi connectivity index (χ3n) is 6.13. The molecular weight excluding hydrogens is 328 g/mol. The van der Waals surface area contributed by atoms with Gasteiger partial charge in [-0.05, 0) is 50.4 Å². The molecule has 0 radical (unpaired) electrons. The summed E-state index contributed by atoms with van der Waals surface area (Å²) in [5, 5.41) is 0. The van der Waals surface area contributed by atoms with E-state index in [1.807, 2.05) is 6.07 Å². The molecule has 1 amide bonds. The van der Waals surface area contributed by atoms with Crippen molar-refractivity contribution >= 4 is 16.9 Å². The van der Waals surface area contributed by atoms with E-state index in [0.29, 0.717) is 12.5 Å². The van der Waals surface area contributed by atoms with Gasteiger partial charge >= 0.3 is 0 Å². The number of nitrogens with zero attached hydrogens (tertiary/aromatic N) is 3. The summed E-state index contributed by atoms with van der Waals surface area (Å²) in [5.41, 5.74) is 7.80. The van der Waals surface area contributed by atoms with Crippen molar-refractivity contribution in [3.8, 4) is 0 Å². The molecule has 4 rings (SSSR count). The Morgan fingerprint density at radius 2 is 2.04 bits per heavy atom. The van der Waals surface area contributed by atoms with Crippen LogP contribution in [-0.2, 0) is 23.0 Å². The molecule has 2 aliphatic rings. The number of imidazole rings is 1. The highest BCUT2D eigenvalue weighted by molar-refractivity contribution is 5.77. The summed E-state index contributed by atoms with van der Waals surface area (Å²) in [7, 11) is 2.10. The predicted octanol–water partition coefficient (Wildman–Crippen LogP) is 1.72. The van der Waals surface area contributed by atoms with Crippen LogP contribution >= 0.6 is 0 Å². The van der Waals surface area contributed by atoms with E-state index in [1.165, 1.54) is 5.52 Å². The van der Waals surface area contributed by atoms with Crippen LogP contribution in [0.1, 0.15) is 25.1 Å². The molecule has 1 aromatic heterocycles. The first-order chi connectivity index (χ1) is 12.6. The first-order valence-electron chi connectivity index (χ1n) is 9.67. The maximum absolute atomic E-state index is 11.6. The van der Waals surface area contributed by atoms with Crippen LogP contribution in [0.15, 0.2) is 24.3 Å². The standard InChI is InChI=1S/C20H28N4O2/c1-23-17-5-3-2-4-16(17)22-18(23)8-12-24-10-6-14(7-11-24)19-15(20(21)25)9-13-26-19/h2-5,14-15,19H,6-13H2,1H3,(H2,21,25)/t15-,19+/m0/s1. The molecular formula is C20H28N4O2. The van der Waals surface area contributed by atoms with Gasteiger partial charge in [0.2, 0.25) is 5.91 Å². The highest BCUT2D eigenvalue weighted by Gasteiger charge is 2.39. The van der Waals surface area contributed by atoms with Gasteiger partial charge in [-0.1, -0.05) is 12.1 Å². The van der Waals surface area contributed by atoms with Crippen molar-refractivity contribution in [2.75, 3.05) is 26.2 Å². The summed E-state index contributed by atoms with van der Waals surface area (Å²) in [5.74, 6) is 1.31. The molecule has 0 saturated carbocycles. The second kappa shape index (κ2) is 7.37. The molecule has 6 heteroatoms. The zero-order chi connectivity index (χ0) is 18.1. The number of aryl methyl sites for hydroxylation is 1. The minimum Gasteiger partial charge on any atom is -0.377 e. The third kappa shape index (κ3) is 3.35. The average Bonchev–Trinajstić information content (AvgIpc) is 3.26. The average molecular weight is 356 g/mol. The Morgan fingerprint density at radius 1 is 1.27 bits per heavy atom. The lowest BCUT2D eigenvalue weighted by Gasteiger charge is -2.35. The molecule has 26 heavy (non-hydrogen) atoms. The number of carbonyl (C=O) groups is 1. The normalized spacial score (nSPS) is 25.1. The van der Waals surface area contributed by atoms with Crippen LogP contribution in [0.4, 0.5) is 0 Å². The fraction of sp³-hybridized carbons (Fsp3) is 0.600. The number of amides is 1. The lowest BCUT2D eigenvalue weighted by molar-refractivity contribution is -0.124. The number of ether oxygens (including phenoxy) is 1. The van der Waals surface area contributed by atoms with Crippen LogP contribution < -0.4 is 5.73 Å². The predicted molar refractivity (Wildman–Crippen MR) is 101 cm³/mol. The molecule has 0 aliphatic carbocycles. The Labute approximate surface area is 154 Å². The number of primary amides is 1. The van der Waals surface area contributed by atoms with E-state index in [2.05, 4.69) is 34.7 Å². The Morgan fingerprint density at radius 3 is 2.77 bits per heavy atom. The van der Waals surface area contributed by atoms with Gasteiger partial charge in [-0.25, -0.2) is 4.98 Å². The summed E-state index contributed by atoms with van der Waals surface area (Å²) in [4.78, 5) is 18.9. The molecule has 2 aromatic rings. The number of likely N-dealkylation sites (tertiary alicyclic amines) is 1. The van der Waals surface area contributed by atoms with Crippen molar-refractivity contribution in [1.82, 2.24) is 14.5 Å². The summed E-state index contributed by atoms with van der Waals surface area (Å²) in [6.45, 7) is 3.81. The number of para-hydroxylation sites is 2. The number of fused-ring (bicyclic) bond motifs is 1. The van der Waals surface area contributed by atoms with Gasteiger partial charge in [0.05, 0.1) is 23.1 Å². The van der Waals surface area contributed by atoms with E-state index in [-0.39, 0.29) is 17.9 Å². The Kier molecular flexibility index (Phi) is 4.96. The Balaban J connectivity index is 1.31. The third-order valence-corrected chi connectivity index (χ3v) is 6.13. The van der Waals surface area contributed by atoms with Gasteiger partial charge in [-0.3, -0.25) is 4.79 Å². The van der Waals surface area contributed by atoms with Crippen LogP contribution in [0.2, 0.25) is 0 Å². The molecule has 2 atom stereocenters. The number of hydrogen-bond acceptors (Lipinski definition) is 4. The molecule has 6 nitrogen and oxygen atoms in total. The van der Waals surface area contributed by atoms with E-state index < -0.39 is 0 Å². The molecule has 140 valence electrons. The van der Waals surface area contributed by atoms with Crippen LogP contribution in [0, 0.1) is 11.8 Å². The fourth-order valence-corrected chi connectivity index (χ4v) is 4.56. The quantitative estimate of drug-likeness (QED) is 0.885. The zero-order valence-electron chi connectivity index (χ0n) is 15.4. The number of piperidine rings is 1. The Hall–Kier alpha value is -1.92. The number of carbonyl (C=O) groups excluding carboxylic acids is 1. The fourth-order valence-electron chi connectivity index (χ4n) is 4.56. The van der Waals surface area contributed by atoms with E-state index in [0.717, 1.165) is 56.7 Å². The van der Waals surface area contributed by atoms with Gasteiger partial charge in [-0.2, -0.15) is 0 Å². The number of hydrogen-bond donors (Lipinski definition) is 1. The molecule has 3 heterocycles. The maximum Gasteiger partial charge on any atom is 0.223 e. The van der Waals surface area contributed by atoms with E-state index >= 15 is 0 Å². The topological polar surface area (TPSA) is 73.4 Å². The smallest absolute Gasteiger partial charge is 0.223 e. The van der Waals surface area contributed by atoms with Crippen molar-refractivity contribution in [1.29, 1.82) is 0 Å². The van der Waals surface area contributed by atoms with E-state index in [1.54, 1.807) is 0 Å². The van der Waals surface area contributed by atoms with Gasteiger partial charge in [0.1, 0.15) is 5.82 Å². The SMILES string of the molecule is Cn1c(CCN2CCC([C@H]3OCC[C@@H]3C(N)=O)CC2)nc2ccccc21. The molecule has 2 saturated heterocycles. The lowest BCUT2D eigenvalue weighted by Crippen LogP contribution is -2.42. The summed E-state index contributed by atoms with van der Waals surface area (Å²) < 4.78 is 8.05. The molecule has 2 fully saturated rings. The lowest BCUT2D eigenvalue weighted by atomic mass is 9.84. The summed E-state index contributed by atoms with van der Waals surface area (Å²) in [6, 6.07) is 8.28. The number of rotatable bonds is 5. The van der Waals surface area contributed by atoms with Crippen LogP contribution in [0.25, 0.3) is 11.0 Å². The van der Waals surface area contributed by atoms with Crippen molar-refractivity contribution < 1.29 is 9.53 Å². The minimum absolute atomic E-state index is 0.0366. The van der Waals surface area contributed by atoms with Crippen molar-refractivity contribution in [2.45, 2.75) is 31.8 Å². The van der Waals surface area contributed by atoms with Gasteiger partial charge in [0.15, 0.2) is 0 Å². The van der Waals surface area contributed by atoms with E-state index in [4.69, 9.17) is 15.5 Å². The van der Waals surface area contributed by atoms with Crippen molar-refractivity contribution in [3.05, 3.63) is 30.1 Å². The molecule has 0 bridgehead atoms. The molecule has 1 aromatic carbocycles. The van der Waals surface area contributed by atoms with Gasteiger partial charge in [0, 0.05) is 26.6 Å². The van der Waals surface area contributed by atoms with Crippen molar-refractivity contribution in [3.63, 3.8) is 0 Å². The highest BCUT2D eigenvalue weighted by atomic mass is 16.5. The van der Waals surface area contributed by atoms with Gasteiger partial charge in [-0.15, -0.1) is 0 Å². The molecule has 2 aliphatic heterocycles. The van der Waals surface area contributed by atoms with Crippen LogP contribution in [0.3, 0.4) is 0 Å². The van der Waals surface area contributed by atoms with Gasteiger partial charge in [0.25, 0.3) is 0 Å². The summed E-state index contributed by atoms with van der Waals surface area (Å²) in [6.07, 6.45) is 3.94. The Bertz CT molecular complexity index is 779. The largest absolute Gasteiger partial charge is 0.377 e. The number of aromatic nitrogens is 2. The second-order valence-electron chi connectivity index (χ2n) is 7.64. The van der Waals surface area contributed by atoms with Gasteiger partial charge < -0.3 is 19.9 Å². The first-order valence-corrected chi connectivity index (χ1v) is 9.67. The highest BCUT2D eigenvalue weighted by Crippen LogP contribution is 2.33. The molecule has 2 N–H and O–H groups in total.